The van der Waals surface area contributed by atoms with Crippen molar-refractivity contribution in [2.24, 2.45) is 0 Å². The molecule has 0 radical (unpaired) electrons. The molecule has 8 heteroatoms. The molecule has 0 unspecified atom stereocenters. The molecular formula is C10H8BrClN4O2. The fourth-order valence-corrected chi connectivity index (χ4v) is 2.26. The number of halogens is 2. The van der Waals surface area contributed by atoms with Gasteiger partial charge in [0.05, 0.1) is 28.4 Å². The fraction of sp³-hybridized carbons (Fsp3) is 0.200. The van der Waals surface area contributed by atoms with Crippen LogP contribution in [0.15, 0.2) is 22.8 Å². The quantitative estimate of drug-likeness (QED) is 0.492. The summed E-state index contributed by atoms with van der Waals surface area (Å²) in [5.74, 6) is 0.242. The van der Waals surface area contributed by atoms with E-state index >= 15 is 0 Å². The molecule has 1 aromatic heterocycles. The fourth-order valence-electron chi connectivity index (χ4n) is 1.50. The van der Waals surface area contributed by atoms with Crippen LogP contribution in [0.5, 0.6) is 0 Å². The SMILES string of the molecule is Cc1cc(Br)c(-n2cc(CCl)nn2)cc1[N+](=O)[O-]. The molecule has 1 heterocycles. The van der Waals surface area contributed by atoms with E-state index in [-0.39, 0.29) is 11.6 Å². The molecule has 0 saturated heterocycles. The van der Waals surface area contributed by atoms with Gasteiger partial charge >= 0.3 is 0 Å². The van der Waals surface area contributed by atoms with Crippen LogP contribution in [0.4, 0.5) is 5.69 Å². The molecule has 0 fully saturated rings. The Morgan fingerprint density at radius 2 is 2.28 bits per heavy atom. The van der Waals surface area contributed by atoms with Crippen LogP contribution in [-0.2, 0) is 5.88 Å². The minimum Gasteiger partial charge on any atom is -0.258 e. The zero-order valence-electron chi connectivity index (χ0n) is 9.30. The summed E-state index contributed by atoms with van der Waals surface area (Å²) in [7, 11) is 0. The first-order chi connectivity index (χ1) is 8.52. The van der Waals surface area contributed by atoms with Gasteiger partial charge in [0.1, 0.15) is 0 Å². The number of hydrogen-bond acceptors (Lipinski definition) is 4. The predicted molar refractivity (Wildman–Crippen MR) is 70.0 cm³/mol. The number of nitro benzene ring substituents is 1. The summed E-state index contributed by atoms with van der Waals surface area (Å²) >= 11 is 8.99. The molecule has 1 aromatic carbocycles. The summed E-state index contributed by atoms with van der Waals surface area (Å²) < 4.78 is 2.16. The third-order valence-corrected chi connectivity index (χ3v) is 3.30. The molecule has 0 aliphatic rings. The summed E-state index contributed by atoms with van der Waals surface area (Å²) in [6, 6.07) is 3.13. The van der Waals surface area contributed by atoms with Crippen LogP contribution >= 0.6 is 27.5 Å². The van der Waals surface area contributed by atoms with Crippen molar-refractivity contribution in [3.8, 4) is 5.69 Å². The number of nitro groups is 1. The normalized spacial score (nSPS) is 10.6. The van der Waals surface area contributed by atoms with Gasteiger partial charge in [0, 0.05) is 16.1 Å². The average molecular weight is 332 g/mol. The molecule has 18 heavy (non-hydrogen) atoms. The molecule has 94 valence electrons. The zero-order chi connectivity index (χ0) is 13.3. The minimum atomic E-state index is -0.426. The highest BCUT2D eigenvalue weighted by Gasteiger charge is 2.16. The first-order valence-electron chi connectivity index (χ1n) is 4.95. The van der Waals surface area contributed by atoms with Gasteiger partial charge in [-0.2, -0.15) is 0 Å². The van der Waals surface area contributed by atoms with Crippen LogP contribution in [0.3, 0.4) is 0 Å². The minimum absolute atomic E-state index is 0.0381. The van der Waals surface area contributed by atoms with Gasteiger partial charge in [0.15, 0.2) is 0 Å². The van der Waals surface area contributed by atoms with Gasteiger partial charge in [-0.3, -0.25) is 10.1 Å². The first kappa shape index (κ1) is 13.0. The highest BCUT2D eigenvalue weighted by Crippen LogP contribution is 2.29. The van der Waals surface area contributed by atoms with E-state index in [1.807, 2.05) is 0 Å². The maximum Gasteiger partial charge on any atom is 0.274 e. The van der Waals surface area contributed by atoms with Crippen LogP contribution in [-0.4, -0.2) is 19.9 Å². The summed E-state index contributed by atoms with van der Waals surface area (Å²) in [5.41, 5.74) is 1.77. The molecule has 2 aromatic rings. The lowest BCUT2D eigenvalue weighted by atomic mass is 10.2. The summed E-state index contributed by atoms with van der Waals surface area (Å²) in [6.45, 7) is 1.68. The first-order valence-corrected chi connectivity index (χ1v) is 6.27. The summed E-state index contributed by atoms with van der Waals surface area (Å²) in [6.07, 6.45) is 1.63. The molecule has 0 amide bonds. The number of rotatable bonds is 3. The number of benzene rings is 1. The second-order valence-electron chi connectivity index (χ2n) is 3.64. The Labute approximate surface area is 116 Å². The molecule has 0 bridgehead atoms. The Kier molecular flexibility index (Phi) is 3.63. The predicted octanol–water partition coefficient (Wildman–Crippen LogP) is 2.99. The lowest BCUT2D eigenvalue weighted by Crippen LogP contribution is -2.00. The third kappa shape index (κ3) is 2.37. The second-order valence-corrected chi connectivity index (χ2v) is 4.76. The maximum atomic E-state index is 10.9. The Balaban J connectivity index is 2.56. The van der Waals surface area contributed by atoms with E-state index in [1.54, 1.807) is 19.2 Å². The van der Waals surface area contributed by atoms with Crippen molar-refractivity contribution in [1.82, 2.24) is 15.0 Å². The van der Waals surface area contributed by atoms with Gasteiger partial charge in [-0.05, 0) is 28.9 Å². The van der Waals surface area contributed by atoms with Crippen LogP contribution in [0.25, 0.3) is 5.69 Å². The standard InChI is InChI=1S/C10H8BrClN4O2/c1-6-2-8(11)10(3-9(6)16(17)18)15-5-7(4-12)13-14-15/h2-3,5H,4H2,1H3. The number of aryl methyl sites for hydroxylation is 1. The van der Waals surface area contributed by atoms with Crippen molar-refractivity contribution in [2.45, 2.75) is 12.8 Å². The number of aromatic nitrogens is 3. The number of hydrogen-bond donors (Lipinski definition) is 0. The molecule has 0 saturated carbocycles. The lowest BCUT2D eigenvalue weighted by molar-refractivity contribution is -0.385. The Bertz CT molecular complexity index is 614. The highest BCUT2D eigenvalue weighted by molar-refractivity contribution is 9.10. The molecule has 0 N–H and O–H groups in total. The molecule has 2 rings (SSSR count). The third-order valence-electron chi connectivity index (χ3n) is 2.39. The monoisotopic (exact) mass is 330 g/mol. The number of alkyl halides is 1. The van der Waals surface area contributed by atoms with Gasteiger partial charge < -0.3 is 0 Å². The van der Waals surface area contributed by atoms with E-state index in [0.29, 0.717) is 21.4 Å². The van der Waals surface area contributed by atoms with E-state index in [0.717, 1.165) is 0 Å². The topological polar surface area (TPSA) is 73.8 Å². The van der Waals surface area contributed by atoms with Gasteiger partial charge in [0.2, 0.25) is 0 Å². The van der Waals surface area contributed by atoms with E-state index < -0.39 is 4.92 Å². The summed E-state index contributed by atoms with van der Waals surface area (Å²) in [5, 5.41) is 18.6. The van der Waals surface area contributed by atoms with Crippen molar-refractivity contribution < 1.29 is 4.92 Å². The Hall–Kier alpha value is -1.47. The average Bonchev–Trinajstić information content (AvgIpc) is 2.77. The Morgan fingerprint density at radius 1 is 1.56 bits per heavy atom. The molecular weight excluding hydrogens is 323 g/mol. The summed E-state index contributed by atoms with van der Waals surface area (Å²) in [4.78, 5) is 10.5. The Morgan fingerprint density at radius 3 is 2.83 bits per heavy atom. The van der Waals surface area contributed by atoms with Gasteiger partial charge in [-0.25, -0.2) is 4.68 Å². The van der Waals surface area contributed by atoms with Crippen LogP contribution in [0.2, 0.25) is 0 Å². The van der Waals surface area contributed by atoms with Gasteiger partial charge in [-0.1, -0.05) is 5.21 Å². The molecule has 0 aliphatic heterocycles. The zero-order valence-corrected chi connectivity index (χ0v) is 11.6. The van der Waals surface area contributed by atoms with Gasteiger partial charge in [0.25, 0.3) is 5.69 Å². The molecule has 0 spiro atoms. The van der Waals surface area contributed by atoms with Crippen molar-refractivity contribution in [3.63, 3.8) is 0 Å². The maximum absolute atomic E-state index is 10.9. The smallest absolute Gasteiger partial charge is 0.258 e. The van der Waals surface area contributed by atoms with Crippen molar-refractivity contribution >= 4 is 33.2 Å². The van der Waals surface area contributed by atoms with E-state index in [2.05, 4.69) is 26.2 Å². The second kappa shape index (κ2) is 5.03. The van der Waals surface area contributed by atoms with Crippen molar-refractivity contribution in [3.05, 3.63) is 44.2 Å². The molecule has 6 nitrogen and oxygen atoms in total. The van der Waals surface area contributed by atoms with E-state index in [9.17, 15) is 10.1 Å². The highest BCUT2D eigenvalue weighted by atomic mass is 79.9. The van der Waals surface area contributed by atoms with Crippen LogP contribution < -0.4 is 0 Å². The van der Waals surface area contributed by atoms with Crippen LogP contribution in [0, 0.1) is 17.0 Å². The molecule has 0 aliphatic carbocycles. The van der Waals surface area contributed by atoms with E-state index in [4.69, 9.17) is 11.6 Å². The molecule has 0 atom stereocenters. The van der Waals surface area contributed by atoms with Gasteiger partial charge in [-0.15, -0.1) is 16.7 Å². The van der Waals surface area contributed by atoms with Crippen molar-refractivity contribution in [2.75, 3.05) is 0 Å². The van der Waals surface area contributed by atoms with Crippen LogP contribution in [0.1, 0.15) is 11.3 Å². The van der Waals surface area contributed by atoms with Crippen molar-refractivity contribution in [1.29, 1.82) is 0 Å². The number of nitrogens with zero attached hydrogens (tertiary/aromatic N) is 4. The van der Waals surface area contributed by atoms with E-state index in [1.165, 1.54) is 10.7 Å². The lowest BCUT2D eigenvalue weighted by Gasteiger charge is -2.05. The largest absolute Gasteiger partial charge is 0.274 e.